The van der Waals surface area contributed by atoms with E-state index >= 15 is 0 Å². The van der Waals surface area contributed by atoms with Crippen molar-refractivity contribution in [2.45, 2.75) is 0 Å². The van der Waals surface area contributed by atoms with Crippen molar-refractivity contribution in [3.8, 4) is 6.07 Å². The minimum Gasteiger partial charge on any atom is -0.445 e. The molecule has 1 aromatic carbocycles. The van der Waals surface area contributed by atoms with Crippen molar-refractivity contribution in [2.75, 3.05) is 0 Å². The molecule has 0 heterocycles. The van der Waals surface area contributed by atoms with Gasteiger partial charge in [0.2, 0.25) is 0 Å². The van der Waals surface area contributed by atoms with Crippen molar-refractivity contribution >= 4 is 24.0 Å². The fourth-order valence-corrected chi connectivity index (χ4v) is 1.11. The molecule has 14 heavy (non-hydrogen) atoms. The van der Waals surface area contributed by atoms with E-state index in [1.165, 1.54) is 6.07 Å². The number of hydrogen-bond donors (Lipinski definition) is 0. The number of halogens is 4. The molecule has 0 bridgehead atoms. The Morgan fingerprint density at radius 2 is 1.79 bits per heavy atom. The first-order chi connectivity index (χ1) is 5.93. The molecule has 68 valence electrons. The van der Waals surface area contributed by atoms with Crippen LogP contribution in [0.1, 0.15) is 5.56 Å². The molecule has 0 saturated carbocycles. The summed E-state index contributed by atoms with van der Waals surface area (Å²) in [6.07, 6.45) is 0. The van der Waals surface area contributed by atoms with E-state index < -0.39 is 12.4 Å². The molecule has 0 saturated heterocycles. The largest absolute Gasteiger partial charge is 1.00 e. The van der Waals surface area contributed by atoms with Crippen LogP contribution in [0, 0.1) is 11.3 Å². The van der Waals surface area contributed by atoms with Crippen LogP contribution in [0.15, 0.2) is 18.2 Å². The first kappa shape index (κ1) is 14.5. The molecule has 0 radical (unpaired) electrons. The maximum absolute atomic E-state index is 12.2. The first-order valence-electron chi connectivity index (χ1n) is 3.34. The summed E-state index contributed by atoms with van der Waals surface area (Å²) in [5.74, 6) is 0. The molecule has 1 aromatic rings. The van der Waals surface area contributed by atoms with Gasteiger partial charge in [0.15, 0.2) is 0 Å². The number of rotatable bonds is 1. The van der Waals surface area contributed by atoms with E-state index in [9.17, 15) is 12.9 Å². The second-order valence-corrected chi connectivity index (χ2v) is 2.90. The molecule has 1 rings (SSSR count). The molecule has 0 aliphatic heterocycles. The molecule has 0 unspecified atom stereocenters. The van der Waals surface area contributed by atoms with Crippen LogP contribution in [-0.2, 0) is 0 Å². The zero-order valence-electron chi connectivity index (χ0n) is 7.27. The van der Waals surface area contributed by atoms with Gasteiger partial charge in [-0.2, -0.15) is 5.26 Å². The third-order valence-corrected chi connectivity index (χ3v) is 1.65. The summed E-state index contributed by atoms with van der Waals surface area (Å²) in [6.45, 7) is -5.09. The molecular weight excluding hydrogens is 240 g/mol. The number of nitriles is 1. The van der Waals surface area contributed by atoms with Gasteiger partial charge in [0, 0.05) is 5.02 Å². The van der Waals surface area contributed by atoms with E-state index in [4.69, 9.17) is 16.9 Å². The van der Waals surface area contributed by atoms with Crippen LogP contribution in [0.4, 0.5) is 12.9 Å². The Bertz CT molecular complexity index is 374. The van der Waals surface area contributed by atoms with Crippen molar-refractivity contribution in [3.63, 3.8) is 0 Å². The predicted octanol–water partition coefficient (Wildman–Crippen LogP) is -0.730. The second kappa shape index (κ2) is 5.54. The Kier molecular flexibility index (Phi) is 5.74. The summed E-state index contributed by atoms with van der Waals surface area (Å²) in [5.41, 5.74) is -0.925. The van der Waals surface area contributed by atoms with Gasteiger partial charge in [-0.1, -0.05) is 23.7 Å². The number of benzene rings is 1. The van der Waals surface area contributed by atoms with Crippen LogP contribution >= 0.6 is 11.6 Å². The van der Waals surface area contributed by atoms with Gasteiger partial charge in [0.05, 0.1) is 11.6 Å². The SMILES string of the molecule is N#Cc1cc(Cl)cc([B-](F)(F)F)c1.[K+]. The van der Waals surface area contributed by atoms with E-state index in [-0.39, 0.29) is 62.0 Å². The van der Waals surface area contributed by atoms with E-state index in [0.29, 0.717) is 0 Å². The summed E-state index contributed by atoms with van der Waals surface area (Å²) in [7, 11) is 0. The van der Waals surface area contributed by atoms with Crippen LogP contribution < -0.4 is 56.8 Å². The third kappa shape index (κ3) is 3.93. The van der Waals surface area contributed by atoms with Gasteiger partial charge in [-0.25, -0.2) is 0 Å². The standard InChI is InChI=1S/C7H3BClF3N.K/c9-7-2-5(4-13)1-6(3-7)8(10,11)12;/h1-3H;/q-1;+1. The van der Waals surface area contributed by atoms with Crippen molar-refractivity contribution < 1.29 is 64.3 Å². The van der Waals surface area contributed by atoms with Crippen LogP contribution in [0.25, 0.3) is 0 Å². The van der Waals surface area contributed by atoms with Crippen molar-refractivity contribution in [3.05, 3.63) is 28.8 Å². The molecule has 1 nitrogen and oxygen atoms in total. The van der Waals surface area contributed by atoms with Gasteiger partial charge >= 0.3 is 58.4 Å². The van der Waals surface area contributed by atoms with Crippen LogP contribution in [-0.4, -0.2) is 6.98 Å². The van der Waals surface area contributed by atoms with Crippen LogP contribution in [0.2, 0.25) is 5.02 Å². The predicted molar refractivity (Wildman–Crippen MR) is 44.9 cm³/mol. The number of nitrogens with zero attached hydrogens (tertiary/aromatic N) is 1. The van der Waals surface area contributed by atoms with Gasteiger partial charge in [-0.15, -0.1) is 5.46 Å². The summed E-state index contributed by atoms with van der Waals surface area (Å²) in [6, 6.07) is 4.38. The van der Waals surface area contributed by atoms with Crippen LogP contribution in [0.3, 0.4) is 0 Å². The van der Waals surface area contributed by atoms with Crippen molar-refractivity contribution in [1.82, 2.24) is 0 Å². The first-order valence-corrected chi connectivity index (χ1v) is 3.72. The van der Waals surface area contributed by atoms with Gasteiger partial charge in [-0.3, -0.25) is 0 Å². The molecule has 0 aliphatic rings. The normalized spacial score (nSPS) is 10.2. The summed E-state index contributed by atoms with van der Waals surface area (Å²) in [5, 5.41) is 8.31. The second-order valence-electron chi connectivity index (χ2n) is 2.46. The summed E-state index contributed by atoms with van der Waals surface area (Å²) in [4.78, 5) is 0. The Morgan fingerprint density at radius 3 is 2.21 bits per heavy atom. The Hall–Kier alpha value is 0.491. The van der Waals surface area contributed by atoms with Crippen molar-refractivity contribution in [1.29, 1.82) is 5.26 Å². The summed E-state index contributed by atoms with van der Waals surface area (Å²) < 4.78 is 36.5. The summed E-state index contributed by atoms with van der Waals surface area (Å²) >= 11 is 5.39. The molecule has 7 heteroatoms. The van der Waals surface area contributed by atoms with E-state index in [1.54, 1.807) is 6.07 Å². The maximum Gasteiger partial charge on any atom is 1.00 e. The van der Waals surface area contributed by atoms with Crippen LogP contribution in [0.5, 0.6) is 0 Å². The van der Waals surface area contributed by atoms with Gasteiger partial charge < -0.3 is 12.9 Å². The minimum absolute atomic E-state index is 0. The fraction of sp³-hybridized carbons (Fsp3) is 0. The fourth-order valence-electron chi connectivity index (χ4n) is 0.866. The third-order valence-electron chi connectivity index (χ3n) is 1.43. The quantitative estimate of drug-likeness (QED) is 0.597. The number of hydrogen-bond acceptors (Lipinski definition) is 1. The minimum atomic E-state index is -5.09. The van der Waals surface area contributed by atoms with Gasteiger partial charge in [0.1, 0.15) is 0 Å². The van der Waals surface area contributed by atoms with Gasteiger partial charge in [-0.05, 0) is 6.07 Å². The zero-order valence-corrected chi connectivity index (χ0v) is 11.1. The topological polar surface area (TPSA) is 23.8 Å². The van der Waals surface area contributed by atoms with E-state index in [1.807, 2.05) is 0 Å². The van der Waals surface area contributed by atoms with Gasteiger partial charge in [0.25, 0.3) is 0 Å². The Labute approximate surface area is 127 Å². The molecule has 0 N–H and O–H groups in total. The van der Waals surface area contributed by atoms with Crippen molar-refractivity contribution in [2.24, 2.45) is 0 Å². The molecule has 0 amide bonds. The molecular formula is C7H3BClF3KN. The molecule has 0 atom stereocenters. The maximum atomic E-state index is 12.2. The average Bonchev–Trinajstić information content (AvgIpc) is 2.01. The molecule has 0 aromatic heterocycles. The zero-order chi connectivity index (χ0) is 10.1. The molecule has 0 fully saturated rings. The smallest absolute Gasteiger partial charge is 0.445 e. The Morgan fingerprint density at radius 1 is 1.21 bits per heavy atom. The molecule has 0 spiro atoms. The van der Waals surface area contributed by atoms with E-state index in [0.717, 1.165) is 12.1 Å². The molecule has 0 aliphatic carbocycles. The Balaban J connectivity index is 0.00000169. The average molecular weight is 243 g/mol. The monoisotopic (exact) mass is 243 g/mol. The van der Waals surface area contributed by atoms with E-state index in [2.05, 4.69) is 0 Å².